The maximum Gasteiger partial charge on any atom is 0.143 e. The molecule has 0 amide bonds. The molecule has 20 aromatic carbocycles. The standard InChI is InChI=1S/2C52H32O/c2*1-3-17-33(18-4-1)47-35-21-7-11-25-39(35)49(40-26-12-8-22-36(40)47)43-29-16-32-46-51(43)45-31-15-30-44(52(45)53-46)50-41-27-13-9-23-37(41)48(34-19-5-2-6-20-34)38-24-10-14-28-42(38)50/h2*1-32H/i2*1D,3D,4D,17D,18D. The van der Waals surface area contributed by atoms with E-state index in [-0.39, 0.29) is 59.5 Å². The van der Waals surface area contributed by atoms with Crippen molar-refractivity contribution < 1.29 is 22.5 Å². The lowest BCUT2D eigenvalue weighted by atomic mass is 9.84. The lowest BCUT2D eigenvalue weighted by molar-refractivity contribution is 0.670. The van der Waals surface area contributed by atoms with E-state index < -0.39 is 12.1 Å². The van der Waals surface area contributed by atoms with E-state index in [1.807, 2.05) is 97.1 Å². The quantitative estimate of drug-likeness (QED) is 0.142. The number of benzene rings is 20. The molecule has 0 fully saturated rings. The summed E-state index contributed by atoms with van der Waals surface area (Å²) in [5.41, 5.74) is 17.7. The van der Waals surface area contributed by atoms with E-state index in [0.29, 0.717) is 11.1 Å². The number of hydrogen-bond donors (Lipinski definition) is 0. The van der Waals surface area contributed by atoms with Crippen LogP contribution in [-0.2, 0) is 0 Å². The van der Waals surface area contributed by atoms with Gasteiger partial charge in [-0.25, -0.2) is 0 Å². The molecule has 2 nitrogen and oxygen atoms in total. The van der Waals surface area contributed by atoms with Crippen LogP contribution in [0.15, 0.2) is 397 Å². The Hall–Kier alpha value is -13.9. The number of hydrogen-bond acceptors (Lipinski definition) is 2. The van der Waals surface area contributed by atoms with Crippen LogP contribution in [0.1, 0.15) is 13.7 Å². The molecule has 0 saturated heterocycles. The predicted molar refractivity (Wildman–Crippen MR) is 451 cm³/mol. The second kappa shape index (κ2) is 25.0. The van der Waals surface area contributed by atoms with Gasteiger partial charge in [-0.2, -0.15) is 0 Å². The summed E-state index contributed by atoms with van der Waals surface area (Å²) in [6.45, 7) is 0. The molecule has 0 spiro atoms. The summed E-state index contributed by atoms with van der Waals surface area (Å²) in [4.78, 5) is 0. The van der Waals surface area contributed by atoms with Crippen LogP contribution in [0.3, 0.4) is 0 Å². The molecule has 0 bridgehead atoms. The van der Waals surface area contributed by atoms with Crippen molar-refractivity contribution in [2.45, 2.75) is 0 Å². The van der Waals surface area contributed by atoms with Crippen LogP contribution in [0, 0.1) is 0 Å². The highest BCUT2D eigenvalue weighted by Gasteiger charge is 2.27. The normalized spacial score (nSPS) is 13.1. The Morgan fingerprint density at radius 3 is 0.642 bits per heavy atom. The maximum absolute atomic E-state index is 8.98. The molecule has 2 aromatic heterocycles. The lowest BCUT2D eigenvalue weighted by Gasteiger charge is -2.18. The summed E-state index contributed by atoms with van der Waals surface area (Å²) in [5.74, 6) is 0. The molecule has 2 heterocycles. The van der Waals surface area contributed by atoms with Crippen molar-refractivity contribution in [2.75, 3.05) is 0 Å². The van der Waals surface area contributed by atoms with Gasteiger partial charge in [0.1, 0.15) is 22.3 Å². The largest absolute Gasteiger partial charge is 0.455 e. The fourth-order valence-corrected chi connectivity index (χ4v) is 17.3. The first-order valence-electron chi connectivity index (χ1n) is 40.7. The fraction of sp³-hybridized carbons (Fsp3) is 0. The van der Waals surface area contributed by atoms with Crippen molar-refractivity contribution in [1.29, 1.82) is 0 Å². The van der Waals surface area contributed by atoms with Crippen molar-refractivity contribution in [1.82, 2.24) is 0 Å². The van der Waals surface area contributed by atoms with Crippen molar-refractivity contribution in [3.8, 4) is 89.0 Å². The van der Waals surface area contributed by atoms with Gasteiger partial charge in [-0.3, -0.25) is 0 Å². The average Bonchev–Trinajstić information content (AvgIpc) is 1.51. The zero-order valence-corrected chi connectivity index (χ0v) is 57.0. The zero-order valence-electron chi connectivity index (χ0n) is 67.0. The van der Waals surface area contributed by atoms with E-state index in [1.54, 1.807) is 0 Å². The summed E-state index contributed by atoms with van der Waals surface area (Å²) in [6.07, 6.45) is 0. The monoisotopic (exact) mass is 1350 g/mol. The molecular weight excluding hydrogens is 1280 g/mol. The molecule has 0 N–H and O–H groups in total. The van der Waals surface area contributed by atoms with Gasteiger partial charge in [-0.1, -0.05) is 376 Å². The minimum absolute atomic E-state index is 0.194. The number of fused-ring (bicyclic) bond motifs is 14. The summed E-state index contributed by atoms with van der Waals surface area (Å²) in [7, 11) is 0. The lowest BCUT2D eigenvalue weighted by Crippen LogP contribution is -1.91. The Morgan fingerprint density at radius 1 is 0.160 bits per heavy atom. The second-order valence-electron chi connectivity index (χ2n) is 27.0. The third-order valence-electron chi connectivity index (χ3n) is 21.5. The molecule has 0 radical (unpaired) electrons. The molecule has 22 aromatic rings. The van der Waals surface area contributed by atoms with Gasteiger partial charge in [0.15, 0.2) is 0 Å². The highest BCUT2D eigenvalue weighted by molar-refractivity contribution is 6.31. The van der Waals surface area contributed by atoms with Gasteiger partial charge in [0, 0.05) is 43.8 Å². The summed E-state index contributed by atoms with van der Waals surface area (Å²) < 4.78 is 101. The van der Waals surface area contributed by atoms with Gasteiger partial charge in [0.25, 0.3) is 0 Å². The van der Waals surface area contributed by atoms with E-state index in [2.05, 4.69) is 231 Å². The molecule has 106 heavy (non-hydrogen) atoms. The van der Waals surface area contributed by atoms with Gasteiger partial charge in [0.2, 0.25) is 0 Å². The van der Waals surface area contributed by atoms with Crippen LogP contribution < -0.4 is 0 Å². The third-order valence-corrected chi connectivity index (χ3v) is 21.5. The predicted octanol–water partition coefficient (Wildman–Crippen LogP) is 29.7. The summed E-state index contributed by atoms with van der Waals surface area (Å²) in [5, 5.41) is 20.1. The number of furan rings is 2. The first kappa shape index (κ1) is 51.3. The van der Waals surface area contributed by atoms with Gasteiger partial charge in [-0.15, -0.1) is 0 Å². The van der Waals surface area contributed by atoms with Crippen LogP contribution in [0.5, 0.6) is 0 Å². The maximum atomic E-state index is 8.98. The van der Waals surface area contributed by atoms with Crippen LogP contribution in [0.4, 0.5) is 0 Å². The second-order valence-corrected chi connectivity index (χ2v) is 27.0. The van der Waals surface area contributed by atoms with E-state index in [4.69, 9.17) is 22.5 Å². The van der Waals surface area contributed by atoms with Crippen molar-refractivity contribution in [2.24, 2.45) is 0 Å². The van der Waals surface area contributed by atoms with Crippen molar-refractivity contribution >= 4 is 130 Å². The SMILES string of the molecule is [2H]c1c([2H])c([2H])c(-c2c3ccccc3c(-c3cccc4oc5c(-c6c7ccccc7c(-c7ccccc7)c7ccccc67)cccc5c34)c3ccccc23)c([2H])c1[2H].[2H]c1c([2H])c([2H])c(-c2c3ccccc3c(-c3cccc4oc5c(-c6c7ccccc7c(-c7ccccc7)c7ccccc67)cccc5c34)c3ccccc23)c([2H])c1[2H]. The molecule has 0 aliphatic carbocycles. The van der Waals surface area contributed by atoms with Gasteiger partial charge in [-0.05, 0) is 165 Å². The minimum atomic E-state index is -0.407. The zero-order chi connectivity index (χ0) is 78.5. The average molecular weight is 1360 g/mol. The van der Waals surface area contributed by atoms with E-state index in [0.717, 1.165) is 153 Å². The smallest absolute Gasteiger partial charge is 0.143 e. The highest BCUT2D eigenvalue weighted by atomic mass is 16.3. The van der Waals surface area contributed by atoms with Crippen LogP contribution in [-0.4, -0.2) is 0 Å². The third kappa shape index (κ3) is 9.52. The topological polar surface area (TPSA) is 26.3 Å². The molecular formula is C104H64O2. The fourth-order valence-electron chi connectivity index (χ4n) is 17.3. The van der Waals surface area contributed by atoms with Crippen LogP contribution in [0.2, 0.25) is 0 Å². The van der Waals surface area contributed by atoms with E-state index >= 15 is 0 Å². The minimum Gasteiger partial charge on any atom is -0.455 e. The summed E-state index contributed by atoms with van der Waals surface area (Å²) >= 11 is 0. The number of rotatable bonds is 8. The molecule has 0 unspecified atom stereocenters. The van der Waals surface area contributed by atoms with Crippen LogP contribution >= 0.6 is 0 Å². The van der Waals surface area contributed by atoms with Gasteiger partial charge in [0.05, 0.1) is 13.7 Å². The van der Waals surface area contributed by atoms with Crippen molar-refractivity contribution in [3.05, 3.63) is 388 Å². The van der Waals surface area contributed by atoms with Gasteiger partial charge < -0.3 is 8.83 Å². The molecule has 0 aliphatic rings. The number of para-hydroxylation sites is 2. The molecule has 492 valence electrons. The van der Waals surface area contributed by atoms with E-state index in [1.165, 1.54) is 43.8 Å². The Morgan fingerprint density at radius 2 is 0.368 bits per heavy atom. The van der Waals surface area contributed by atoms with Crippen molar-refractivity contribution in [3.63, 3.8) is 0 Å². The Kier molecular flexibility index (Phi) is 12.1. The first-order chi connectivity index (χ1) is 56.8. The molecule has 0 saturated carbocycles. The van der Waals surface area contributed by atoms with Crippen LogP contribution in [0.25, 0.3) is 219 Å². The Labute approximate surface area is 626 Å². The van der Waals surface area contributed by atoms with E-state index in [9.17, 15) is 0 Å². The molecule has 2 heteroatoms. The Balaban J connectivity index is 0.000000145. The molecule has 0 aliphatic heterocycles. The molecule has 22 rings (SSSR count). The Bertz CT molecular complexity index is 7210. The molecule has 0 atom stereocenters. The first-order valence-corrected chi connectivity index (χ1v) is 35.7. The van der Waals surface area contributed by atoms with Gasteiger partial charge >= 0.3 is 0 Å². The highest BCUT2D eigenvalue weighted by Crippen LogP contribution is 2.54. The summed E-state index contributed by atoms with van der Waals surface area (Å²) in [6, 6.07) is 110.